The number of hydrogen-bond donors (Lipinski definition) is 2. The van der Waals surface area contributed by atoms with E-state index in [2.05, 4.69) is 6.08 Å². The van der Waals surface area contributed by atoms with Crippen LogP contribution in [0, 0.1) is 5.92 Å². The van der Waals surface area contributed by atoms with Gasteiger partial charge in [0, 0.05) is 29.9 Å². The molecule has 2 N–H and O–H groups in total. The molecule has 3 saturated heterocycles. The summed E-state index contributed by atoms with van der Waals surface area (Å²) in [5.74, 6) is 0.459. The lowest BCUT2D eigenvalue weighted by Gasteiger charge is -2.41. The summed E-state index contributed by atoms with van der Waals surface area (Å²) < 4.78 is 0. The molecule has 0 amide bonds. The highest BCUT2D eigenvalue weighted by Crippen LogP contribution is 2.26. The summed E-state index contributed by atoms with van der Waals surface area (Å²) in [4.78, 5) is 1.43. The van der Waals surface area contributed by atoms with Crippen LogP contribution in [0.1, 0.15) is 18.4 Å². The lowest BCUT2D eigenvalue weighted by atomic mass is 9.83. The summed E-state index contributed by atoms with van der Waals surface area (Å²) in [5.41, 5.74) is 2.14. The van der Waals surface area contributed by atoms with E-state index in [-0.39, 0.29) is 6.10 Å². The first-order valence-corrected chi connectivity index (χ1v) is 6.63. The standard InChI is InChI=1S/C14H16ClNO/c15-12-4-2-1-3-11(12)9-13-14(17)10-5-7-16(13)8-6-10/h1-4,9-10,14,17H,5-8H2/p+1. The van der Waals surface area contributed by atoms with Gasteiger partial charge in [-0.2, -0.15) is 0 Å². The van der Waals surface area contributed by atoms with E-state index in [1.807, 2.05) is 24.3 Å². The number of benzene rings is 1. The van der Waals surface area contributed by atoms with Gasteiger partial charge in [-0.1, -0.05) is 29.8 Å². The van der Waals surface area contributed by atoms with Gasteiger partial charge in [0.1, 0.15) is 11.8 Å². The van der Waals surface area contributed by atoms with Gasteiger partial charge in [-0.05, 0) is 11.6 Å². The number of halogens is 1. The normalized spacial score (nSPS) is 34.2. The second kappa shape index (κ2) is 4.45. The third-order valence-corrected chi connectivity index (χ3v) is 4.37. The molecule has 2 nitrogen and oxygen atoms in total. The fraction of sp³-hybridized carbons (Fsp3) is 0.429. The van der Waals surface area contributed by atoms with Crippen LogP contribution in [0.5, 0.6) is 0 Å². The van der Waals surface area contributed by atoms with E-state index in [0.29, 0.717) is 5.92 Å². The molecule has 1 aromatic rings. The second-order valence-electron chi connectivity index (χ2n) is 5.01. The molecule has 0 aromatic heterocycles. The average molecular weight is 251 g/mol. The van der Waals surface area contributed by atoms with Gasteiger partial charge in [0.15, 0.2) is 0 Å². The molecular weight excluding hydrogens is 234 g/mol. The van der Waals surface area contributed by atoms with Crippen LogP contribution >= 0.6 is 11.6 Å². The zero-order valence-corrected chi connectivity index (χ0v) is 10.5. The first-order chi connectivity index (χ1) is 8.25. The highest BCUT2D eigenvalue weighted by atomic mass is 35.5. The zero-order chi connectivity index (χ0) is 11.8. The summed E-state index contributed by atoms with van der Waals surface area (Å²) in [6, 6.07) is 7.81. The molecule has 17 heavy (non-hydrogen) atoms. The summed E-state index contributed by atoms with van der Waals surface area (Å²) in [6.07, 6.45) is 4.10. The molecule has 3 aliphatic rings. The van der Waals surface area contributed by atoms with Crippen molar-refractivity contribution in [1.29, 1.82) is 0 Å². The maximum absolute atomic E-state index is 10.3. The van der Waals surface area contributed by atoms with E-state index in [1.54, 1.807) is 0 Å². The fourth-order valence-corrected chi connectivity index (χ4v) is 3.19. The third kappa shape index (κ3) is 2.01. The Hall–Kier alpha value is -0.830. The number of nitrogens with one attached hydrogen (secondary N) is 1. The van der Waals surface area contributed by atoms with Crippen molar-refractivity contribution in [2.45, 2.75) is 18.9 Å². The van der Waals surface area contributed by atoms with Crippen molar-refractivity contribution in [2.24, 2.45) is 5.92 Å². The van der Waals surface area contributed by atoms with Gasteiger partial charge in [0.2, 0.25) is 0 Å². The maximum Gasteiger partial charge on any atom is 0.137 e. The van der Waals surface area contributed by atoms with Crippen molar-refractivity contribution in [3.05, 3.63) is 40.5 Å². The number of hydrogen-bond acceptors (Lipinski definition) is 1. The smallest absolute Gasteiger partial charge is 0.137 e. The van der Waals surface area contributed by atoms with E-state index < -0.39 is 0 Å². The molecule has 3 heteroatoms. The van der Waals surface area contributed by atoms with Crippen LogP contribution in [0.4, 0.5) is 0 Å². The predicted molar refractivity (Wildman–Crippen MR) is 68.9 cm³/mol. The maximum atomic E-state index is 10.3. The lowest BCUT2D eigenvalue weighted by molar-refractivity contribution is -0.880. The van der Waals surface area contributed by atoms with Crippen LogP contribution in [0.15, 0.2) is 30.0 Å². The molecule has 3 aliphatic heterocycles. The molecule has 0 saturated carbocycles. The Bertz CT molecular complexity index is 445. The Morgan fingerprint density at radius 1 is 1.24 bits per heavy atom. The van der Waals surface area contributed by atoms with Gasteiger partial charge in [0.25, 0.3) is 0 Å². The van der Waals surface area contributed by atoms with Crippen LogP contribution in [0.25, 0.3) is 6.08 Å². The average Bonchev–Trinajstić information content (AvgIpc) is 2.36. The van der Waals surface area contributed by atoms with E-state index in [0.717, 1.165) is 42.2 Å². The topological polar surface area (TPSA) is 24.7 Å². The SMILES string of the molecule is OC1C(=Cc2ccccc2Cl)[NH+]2CCC1CC2. The minimum Gasteiger partial charge on any atom is -0.383 e. The number of aliphatic hydroxyl groups excluding tert-OH is 1. The van der Waals surface area contributed by atoms with Gasteiger partial charge in [-0.3, -0.25) is 0 Å². The van der Waals surface area contributed by atoms with E-state index in [9.17, 15) is 5.11 Å². The largest absolute Gasteiger partial charge is 0.383 e. The minimum atomic E-state index is -0.274. The van der Waals surface area contributed by atoms with Gasteiger partial charge in [-0.15, -0.1) is 0 Å². The first kappa shape index (κ1) is 11.3. The number of piperidine rings is 3. The van der Waals surface area contributed by atoms with Gasteiger partial charge in [0.05, 0.1) is 13.1 Å². The monoisotopic (exact) mass is 250 g/mol. The Kier molecular flexibility index (Phi) is 2.95. The molecule has 90 valence electrons. The van der Waals surface area contributed by atoms with Crippen LogP contribution in [0.3, 0.4) is 0 Å². The van der Waals surface area contributed by atoms with Crippen molar-refractivity contribution in [2.75, 3.05) is 13.1 Å². The van der Waals surface area contributed by atoms with E-state index in [1.165, 1.54) is 4.90 Å². The molecule has 0 radical (unpaired) electrons. The Morgan fingerprint density at radius 2 is 1.94 bits per heavy atom. The molecular formula is C14H17ClNO+. The Labute approximate surface area is 107 Å². The lowest BCUT2D eigenvalue weighted by Crippen LogP contribution is -3.14. The molecule has 1 atom stereocenters. The predicted octanol–water partition coefficient (Wildman–Crippen LogP) is 1.35. The van der Waals surface area contributed by atoms with Crippen LogP contribution in [-0.4, -0.2) is 24.3 Å². The molecule has 4 rings (SSSR count). The molecule has 2 bridgehead atoms. The van der Waals surface area contributed by atoms with E-state index >= 15 is 0 Å². The molecule has 1 unspecified atom stereocenters. The van der Waals surface area contributed by atoms with Crippen LogP contribution in [-0.2, 0) is 0 Å². The van der Waals surface area contributed by atoms with Crippen molar-refractivity contribution < 1.29 is 10.0 Å². The van der Waals surface area contributed by atoms with Gasteiger partial charge >= 0.3 is 0 Å². The van der Waals surface area contributed by atoms with E-state index in [4.69, 9.17) is 11.6 Å². The number of aliphatic hydroxyl groups is 1. The minimum absolute atomic E-state index is 0.274. The number of fused-ring (bicyclic) bond motifs is 3. The Morgan fingerprint density at radius 3 is 2.59 bits per heavy atom. The van der Waals surface area contributed by atoms with Crippen LogP contribution < -0.4 is 4.90 Å². The third-order valence-electron chi connectivity index (χ3n) is 4.02. The number of rotatable bonds is 1. The van der Waals surface area contributed by atoms with Crippen molar-refractivity contribution in [3.63, 3.8) is 0 Å². The number of quaternary nitrogens is 1. The molecule has 0 aliphatic carbocycles. The quantitative estimate of drug-likeness (QED) is 0.773. The summed E-state index contributed by atoms with van der Waals surface area (Å²) in [7, 11) is 0. The summed E-state index contributed by atoms with van der Waals surface area (Å²) >= 11 is 6.16. The molecule has 3 heterocycles. The molecule has 3 fully saturated rings. The van der Waals surface area contributed by atoms with Crippen LogP contribution in [0.2, 0.25) is 5.02 Å². The summed E-state index contributed by atoms with van der Waals surface area (Å²) in [6.45, 7) is 2.30. The summed E-state index contributed by atoms with van der Waals surface area (Å²) in [5, 5.41) is 11.0. The van der Waals surface area contributed by atoms with Gasteiger partial charge in [-0.25, -0.2) is 0 Å². The Balaban J connectivity index is 1.96. The van der Waals surface area contributed by atoms with Crippen molar-refractivity contribution in [3.8, 4) is 0 Å². The molecule has 1 aromatic carbocycles. The fourth-order valence-electron chi connectivity index (χ4n) is 3.00. The zero-order valence-electron chi connectivity index (χ0n) is 9.70. The highest BCUT2D eigenvalue weighted by molar-refractivity contribution is 6.32. The second-order valence-corrected chi connectivity index (χ2v) is 5.41. The molecule has 0 spiro atoms. The first-order valence-electron chi connectivity index (χ1n) is 6.25. The van der Waals surface area contributed by atoms with Crippen molar-refractivity contribution in [1.82, 2.24) is 0 Å². The van der Waals surface area contributed by atoms with Gasteiger partial charge < -0.3 is 10.0 Å². The van der Waals surface area contributed by atoms with Crippen molar-refractivity contribution >= 4 is 17.7 Å². The highest BCUT2D eigenvalue weighted by Gasteiger charge is 2.41.